The first-order chi connectivity index (χ1) is 10.0. The van der Waals surface area contributed by atoms with Crippen LogP contribution >= 0.6 is 11.6 Å². The summed E-state index contributed by atoms with van der Waals surface area (Å²) in [5.74, 6) is 0.425. The van der Waals surface area contributed by atoms with Gasteiger partial charge in [0.1, 0.15) is 0 Å². The molecule has 2 aromatic rings. The summed E-state index contributed by atoms with van der Waals surface area (Å²) < 4.78 is 5.88. The summed E-state index contributed by atoms with van der Waals surface area (Å²) in [6.45, 7) is 6.28. The number of hydrogen-bond donors (Lipinski definition) is 1. The number of aliphatic hydroxyl groups is 1. The van der Waals surface area contributed by atoms with Crippen LogP contribution in [0.15, 0.2) is 36.4 Å². The van der Waals surface area contributed by atoms with Gasteiger partial charge in [0.2, 0.25) is 0 Å². The predicted octanol–water partition coefficient (Wildman–Crippen LogP) is 4.59. The van der Waals surface area contributed by atoms with Gasteiger partial charge in [-0.1, -0.05) is 48.9 Å². The molecule has 1 aliphatic heterocycles. The maximum Gasteiger partial charge on any atom is 0.0852 e. The minimum absolute atomic E-state index is 0.0550. The van der Waals surface area contributed by atoms with Gasteiger partial charge in [0, 0.05) is 16.3 Å². The summed E-state index contributed by atoms with van der Waals surface area (Å²) in [5.41, 5.74) is 0.941. The van der Waals surface area contributed by atoms with Gasteiger partial charge in [-0.05, 0) is 36.8 Å². The monoisotopic (exact) mass is 304 g/mol. The largest absolute Gasteiger partial charge is 0.388 e. The molecule has 3 heteroatoms. The molecular weight excluding hydrogens is 284 g/mol. The molecule has 5 atom stereocenters. The van der Waals surface area contributed by atoms with Crippen LogP contribution in [-0.4, -0.2) is 17.3 Å². The second-order valence-electron chi connectivity index (χ2n) is 6.11. The first-order valence-corrected chi connectivity index (χ1v) is 7.89. The number of aliphatic hydroxyl groups excluding tert-OH is 1. The Bertz CT molecular complexity index is 655. The van der Waals surface area contributed by atoms with Gasteiger partial charge in [-0.3, -0.25) is 0 Å². The summed E-state index contributed by atoms with van der Waals surface area (Å²) >= 11 is 6.27. The molecule has 0 saturated carbocycles. The molecule has 2 aromatic carbocycles. The van der Waals surface area contributed by atoms with Gasteiger partial charge >= 0.3 is 0 Å². The van der Waals surface area contributed by atoms with Gasteiger partial charge in [0.25, 0.3) is 0 Å². The molecule has 1 N–H and O–H groups in total. The zero-order chi connectivity index (χ0) is 15.1. The summed E-state index contributed by atoms with van der Waals surface area (Å²) in [6, 6.07) is 11.8. The molecule has 0 aromatic heterocycles. The van der Waals surface area contributed by atoms with Gasteiger partial charge in [-0.2, -0.15) is 0 Å². The van der Waals surface area contributed by atoms with E-state index in [4.69, 9.17) is 16.3 Å². The van der Waals surface area contributed by atoms with Crippen LogP contribution in [0.2, 0.25) is 5.02 Å². The van der Waals surface area contributed by atoms with Crippen LogP contribution in [0.4, 0.5) is 0 Å². The van der Waals surface area contributed by atoms with E-state index in [1.165, 1.54) is 0 Å². The summed E-state index contributed by atoms with van der Waals surface area (Å²) in [7, 11) is 0. The molecular formula is C18H21ClO2. The van der Waals surface area contributed by atoms with Gasteiger partial charge in [-0.25, -0.2) is 0 Å². The number of halogens is 1. The zero-order valence-electron chi connectivity index (χ0n) is 12.6. The molecule has 0 radical (unpaired) electrons. The normalized spacial score (nSPS) is 30.7. The third-order valence-corrected chi connectivity index (χ3v) is 5.24. The van der Waals surface area contributed by atoms with E-state index in [2.05, 4.69) is 13.8 Å². The van der Waals surface area contributed by atoms with Crippen molar-refractivity contribution in [3.63, 3.8) is 0 Å². The highest BCUT2D eigenvalue weighted by Gasteiger charge is 2.42. The highest BCUT2D eigenvalue weighted by Crippen LogP contribution is 2.42. The third-order valence-electron chi connectivity index (χ3n) is 4.91. The van der Waals surface area contributed by atoms with Crippen LogP contribution in [0, 0.1) is 11.8 Å². The van der Waals surface area contributed by atoms with Gasteiger partial charge in [0.05, 0.1) is 18.3 Å². The van der Waals surface area contributed by atoms with Crippen molar-refractivity contribution in [2.24, 2.45) is 11.8 Å². The van der Waals surface area contributed by atoms with Crippen LogP contribution < -0.4 is 0 Å². The summed E-state index contributed by atoms with van der Waals surface area (Å²) in [5, 5.41) is 13.7. The van der Waals surface area contributed by atoms with Crippen molar-refractivity contribution in [2.45, 2.75) is 39.1 Å². The number of hydrogen-bond acceptors (Lipinski definition) is 2. The number of fused-ring (bicyclic) bond motifs is 1. The SMILES string of the molecule is CC1OC(C)C(C(O)c2ccc(Cl)c3ccccc23)C1C. The lowest BCUT2D eigenvalue weighted by atomic mass is 9.81. The van der Waals surface area contributed by atoms with E-state index in [1.807, 2.05) is 43.3 Å². The molecule has 1 aliphatic rings. The molecule has 1 saturated heterocycles. The quantitative estimate of drug-likeness (QED) is 0.879. The molecule has 2 nitrogen and oxygen atoms in total. The first kappa shape index (κ1) is 14.8. The Morgan fingerprint density at radius 1 is 1.00 bits per heavy atom. The molecule has 5 unspecified atom stereocenters. The molecule has 3 rings (SSSR count). The molecule has 112 valence electrons. The van der Waals surface area contributed by atoms with Crippen molar-refractivity contribution in [3.05, 3.63) is 47.0 Å². The maximum atomic E-state index is 10.9. The lowest BCUT2D eigenvalue weighted by Gasteiger charge is -2.26. The predicted molar refractivity (Wildman–Crippen MR) is 86.6 cm³/mol. The summed E-state index contributed by atoms with van der Waals surface area (Å²) in [6.07, 6.45) is -0.306. The van der Waals surface area contributed by atoms with Gasteiger partial charge < -0.3 is 9.84 Å². The molecule has 0 aliphatic carbocycles. The Hall–Kier alpha value is -1.09. The second kappa shape index (κ2) is 5.60. The van der Waals surface area contributed by atoms with E-state index in [0.29, 0.717) is 5.92 Å². The number of ether oxygens (including phenoxy) is 1. The van der Waals surface area contributed by atoms with Crippen molar-refractivity contribution < 1.29 is 9.84 Å². The minimum Gasteiger partial charge on any atom is -0.388 e. The highest BCUT2D eigenvalue weighted by atomic mass is 35.5. The molecule has 0 amide bonds. The van der Waals surface area contributed by atoms with Crippen LogP contribution in [0.5, 0.6) is 0 Å². The molecule has 1 heterocycles. The van der Waals surface area contributed by atoms with E-state index in [9.17, 15) is 5.11 Å². The van der Waals surface area contributed by atoms with E-state index in [0.717, 1.165) is 21.4 Å². The molecule has 21 heavy (non-hydrogen) atoms. The van der Waals surface area contributed by atoms with Crippen LogP contribution in [-0.2, 0) is 4.74 Å². The Balaban J connectivity index is 2.06. The Morgan fingerprint density at radius 2 is 1.67 bits per heavy atom. The fourth-order valence-electron chi connectivity index (χ4n) is 3.59. The zero-order valence-corrected chi connectivity index (χ0v) is 13.3. The lowest BCUT2D eigenvalue weighted by molar-refractivity contribution is 0.0236. The topological polar surface area (TPSA) is 29.5 Å². The molecule has 0 bridgehead atoms. The van der Waals surface area contributed by atoms with E-state index < -0.39 is 6.10 Å². The average molecular weight is 305 g/mol. The number of benzene rings is 2. The van der Waals surface area contributed by atoms with E-state index in [1.54, 1.807) is 0 Å². The van der Waals surface area contributed by atoms with Gasteiger partial charge in [0.15, 0.2) is 0 Å². The standard InChI is InChI=1S/C18H21ClO2/c1-10-11(2)21-12(3)17(10)18(20)15-8-9-16(19)14-7-5-4-6-13(14)15/h4-12,17-18,20H,1-3H3. The van der Waals surface area contributed by atoms with Crippen molar-refractivity contribution in [3.8, 4) is 0 Å². The smallest absolute Gasteiger partial charge is 0.0852 e. The van der Waals surface area contributed by atoms with Crippen LogP contribution in [0.3, 0.4) is 0 Å². The van der Waals surface area contributed by atoms with E-state index in [-0.39, 0.29) is 18.1 Å². The van der Waals surface area contributed by atoms with E-state index >= 15 is 0 Å². The van der Waals surface area contributed by atoms with Crippen LogP contribution in [0.25, 0.3) is 10.8 Å². The fourth-order valence-corrected chi connectivity index (χ4v) is 3.82. The fraction of sp³-hybridized carbons (Fsp3) is 0.444. The Labute approximate surface area is 130 Å². The minimum atomic E-state index is -0.540. The van der Waals surface area contributed by atoms with Crippen LogP contribution in [0.1, 0.15) is 32.4 Å². The Kier molecular flexibility index (Phi) is 3.96. The van der Waals surface area contributed by atoms with Crippen molar-refractivity contribution in [1.29, 1.82) is 0 Å². The second-order valence-corrected chi connectivity index (χ2v) is 6.52. The van der Waals surface area contributed by atoms with Crippen molar-refractivity contribution >= 4 is 22.4 Å². The van der Waals surface area contributed by atoms with Crippen molar-refractivity contribution in [2.75, 3.05) is 0 Å². The van der Waals surface area contributed by atoms with Crippen molar-refractivity contribution in [1.82, 2.24) is 0 Å². The molecule has 1 fully saturated rings. The Morgan fingerprint density at radius 3 is 2.29 bits per heavy atom. The van der Waals surface area contributed by atoms with Gasteiger partial charge in [-0.15, -0.1) is 0 Å². The average Bonchev–Trinajstić information content (AvgIpc) is 2.72. The first-order valence-electron chi connectivity index (χ1n) is 7.51. The third kappa shape index (κ3) is 2.46. The summed E-state index contributed by atoms with van der Waals surface area (Å²) in [4.78, 5) is 0. The lowest BCUT2D eigenvalue weighted by Crippen LogP contribution is -2.25. The maximum absolute atomic E-state index is 10.9. The highest BCUT2D eigenvalue weighted by molar-refractivity contribution is 6.35. The molecule has 0 spiro atoms. The number of rotatable bonds is 2.